The lowest BCUT2D eigenvalue weighted by Crippen LogP contribution is -2.45. The molecule has 1 unspecified atom stereocenters. The van der Waals surface area contributed by atoms with E-state index >= 15 is 0 Å². The lowest BCUT2D eigenvalue weighted by atomic mass is 10.0. The van der Waals surface area contributed by atoms with Crippen LogP contribution in [0.4, 0.5) is 0 Å². The third-order valence-electron chi connectivity index (χ3n) is 2.98. The molecule has 1 atom stereocenters. The number of nitrogens with one attached hydrogen (secondary N) is 1. The molecule has 0 radical (unpaired) electrons. The predicted molar refractivity (Wildman–Crippen MR) is 65.7 cm³/mol. The Morgan fingerprint density at radius 3 is 2.69 bits per heavy atom. The van der Waals surface area contributed by atoms with Crippen LogP contribution in [0.15, 0.2) is 5.16 Å². The number of rotatable bonds is 6. The first-order chi connectivity index (χ1) is 7.60. The molecule has 1 amide bonds. The summed E-state index contributed by atoms with van der Waals surface area (Å²) in [6.07, 6.45) is 4.24. The molecule has 1 aliphatic rings. The van der Waals surface area contributed by atoms with Gasteiger partial charge in [-0.1, -0.05) is 12.1 Å². The summed E-state index contributed by atoms with van der Waals surface area (Å²) in [4.78, 5) is 12.0. The zero-order valence-electron chi connectivity index (χ0n) is 9.69. The van der Waals surface area contributed by atoms with Crippen LogP contribution in [0.5, 0.6) is 0 Å². The number of nitrogens with two attached hydrogens (primary N) is 1. The molecule has 92 valence electrons. The van der Waals surface area contributed by atoms with Gasteiger partial charge in [0, 0.05) is 11.8 Å². The van der Waals surface area contributed by atoms with Gasteiger partial charge in [0.15, 0.2) is 5.84 Å². The molecule has 4 N–H and O–H groups in total. The lowest BCUT2D eigenvalue weighted by molar-refractivity contribution is -0.124. The molecule has 0 aromatic heterocycles. The van der Waals surface area contributed by atoms with Crippen molar-refractivity contribution < 1.29 is 10.0 Å². The maximum atomic E-state index is 12.0. The largest absolute Gasteiger partial charge is 0.409 e. The van der Waals surface area contributed by atoms with E-state index in [1.54, 1.807) is 11.8 Å². The van der Waals surface area contributed by atoms with Gasteiger partial charge in [0.2, 0.25) is 5.91 Å². The van der Waals surface area contributed by atoms with E-state index in [1.165, 1.54) is 0 Å². The summed E-state index contributed by atoms with van der Waals surface area (Å²) < 4.78 is 0. The molecular weight excluding hydrogens is 226 g/mol. The fourth-order valence-electron chi connectivity index (χ4n) is 1.61. The van der Waals surface area contributed by atoms with Gasteiger partial charge in [0.1, 0.15) is 5.41 Å². The fraction of sp³-hybridized carbons (Fsp3) is 0.800. The molecule has 1 saturated carbocycles. The summed E-state index contributed by atoms with van der Waals surface area (Å²) in [7, 11) is 0. The Morgan fingerprint density at radius 1 is 1.69 bits per heavy atom. The van der Waals surface area contributed by atoms with Crippen LogP contribution in [0.25, 0.3) is 0 Å². The highest BCUT2D eigenvalue weighted by atomic mass is 32.2. The second-order valence-electron chi connectivity index (χ2n) is 4.10. The zero-order chi connectivity index (χ0) is 12.2. The summed E-state index contributed by atoms with van der Waals surface area (Å²) >= 11 is 1.70. The Kier molecular flexibility index (Phi) is 4.46. The maximum Gasteiger partial charge on any atom is 0.234 e. The molecule has 0 aliphatic heterocycles. The minimum Gasteiger partial charge on any atom is -0.409 e. The lowest BCUT2D eigenvalue weighted by Gasteiger charge is -2.20. The van der Waals surface area contributed by atoms with Crippen LogP contribution in [-0.4, -0.2) is 35.0 Å². The number of oxime groups is 1. The van der Waals surface area contributed by atoms with Crippen LogP contribution in [0, 0.1) is 5.41 Å². The Hall–Kier alpha value is -0.910. The van der Waals surface area contributed by atoms with Crippen LogP contribution >= 0.6 is 11.8 Å². The molecule has 1 rings (SSSR count). The van der Waals surface area contributed by atoms with Crippen molar-refractivity contribution in [2.75, 3.05) is 12.0 Å². The standard InChI is InChI=1S/C10H19N3O2S/c1-3-7(6-16-2)12-9(14)10(4-5-10)8(11)13-15/h7,15H,3-6H2,1-2H3,(H2,11,13)(H,12,14). The summed E-state index contributed by atoms with van der Waals surface area (Å²) in [6, 6.07) is 0.159. The first-order valence-corrected chi connectivity index (χ1v) is 6.78. The minimum absolute atomic E-state index is 0.0315. The smallest absolute Gasteiger partial charge is 0.234 e. The number of carbonyl (C=O) groups is 1. The van der Waals surface area contributed by atoms with Crippen molar-refractivity contribution in [3.8, 4) is 0 Å². The van der Waals surface area contributed by atoms with E-state index in [-0.39, 0.29) is 17.8 Å². The topological polar surface area (TPSA) is 87.7 Å². The number of carbonyl (C=O) groups excluding carboxylic acids is 1. The normalized spacial score (nSPS) is 20.2. The van der Waals surface area contributed by atoms with E-state index in [4.69, 9.17) is 10.9 Å². The highest BCUT2D eigenvalue weighted by Crippen LogP contribution is 2.46. The Labute approximate surface area is 99.8 Å². The molecule has 5 nitrogen and oxygen atoms in total. The van der Waals surface area contributed by atoms with E-state index in [9.17, 15) is 4.79 Å². The van der Waals surface area contributed by atoms with Gasteiger partial charge in [-0.05, 0) is 25.5 Å². The van der Waals surface area contributed by atoms with Crippen molar-refractivity contribution in [2.24, 2.45) is 16.3 Å². The summed E-state index contributed by atoms with van der Waals surface area (Å²) in [6.45, 7) is 2.03. The maximum absolute atomic E-state index is 12.0. The van der Waals surface area contributed by atoms with E-state index in [1.807, 2.05) is 13.2 Å². The fourth-order valence-corrected chi connectivity index (χ4v) is 2.33. The Morgan fingerprint density at radius 2 is 2.31 bits per heavy atom. The van der Waals surface area contributed by atoms with Gasteiger partial charge in [0.05, 0.1) is 0 Å². The van der Waals surface area contributed by atoms with Crippen LogP contribution in [0.3, 0.4) is 0 Å². The third-order valence-corrected chi connectivity index (χ3v) is 3.71. The van der Waals surface area contributed by atoms with Gasteiger partial charge in [-0.15, -0.1) is 0 Å². The van der Waals surface area contributed by atoms with Crippen molar-refractivity contribution in [1.29, 1.82) is 0 Å². The zero-order valence-corrected chi connectivity index (χ0v) is 10.5. The average Bonchev–Trinajstić information content (AvgIpc) is 3.08. The molecular formula is C10H19N3O2S. The number of hydrogen-bond acceptors (Lipinski definition) is 4. The number of amidine groups is 1. The van der Waals surface area contributed by atoms with Crippen LogP contribution in [0.1, 0.15) is 26.2 Å². The quantitative estimate of drug-likeness (QED) is 0.279. The number of amides is 1. The molecule has 0 spiro atoms. The average molecular weight is 245 g/mol. The molecule has 0 bridgehead atoms. The number of nitrogens with zero attached hydrogens (tertiary/aromatic N) is 1. The van der Waals surface area contributed by atoms with Crippen LogP contribution < -0.4 is 11.1 Å². The second-order valence-corrected chi connectivity index (χ2v) is 5.01. The predicted octanol–water partition coefficient (Wildman–Crippen LogP) is 0.771. The van der Waals surface area contributed by atoms with Gasteiger partial charge < -0.3 is 16.3 Å². The molecule has 16 heavy (non-hydrogen) atoms. The van der Waals surface area contributed by atoms with Gasteiger partial charge >= 0.3 is 0 Å². The van der Waals surface area contributed by atoms with Gasteiger partial charge in [0.25, 0.3) is 0 Å². The summed E-state index contributed by atoms with van der Waals surface area (Å²) in [5.41, 5.74) is 4.80. The van der Waals surface area contributed by atoms with Crippen molar-refractivity contribution >= 4 is 23.5 Å². The van der Waals surface area contributed by atoms with Gasteiger partial charge in [-0.3, -0.25) is 4.79 Å². The third kappa shape index (κ3) is 2.61. The van der Waals surface area contributed by atoms with Crippen molar-refractivity contribution in [2.45, 2.75) is 32.2 Å². The first kappa shape index (κ1) is 13.2. The molecule has 0 heterocycles. The van der Waals surface area contributed by atoms with E-state index < -0.39 is 5.41 Å². The minimum atomic E-state index is -0.736. The molecule has 0 aromatic carbocycles. The van der Waals surface area contributed by atoms with E-state index in [0.29, 0.717) is 12.8 Å². The van der Waals surface area contributed by atoms with Gasteiger partial charge in [-0.2, -0.15) is 11.8 Å². The van der Waals surface area contributed by atoms with E-state index in [0.717, 1.165) is 12.2 Å². The van der Waals surface area contributed by atoms with Crippen LogP contribution in [0.2, 0.25) is 0 Å². The molecule has 0 saturated heterocycles. The Bertz CT molecular complexity index is 290. The van der Waals surface area contributed by atoms with Crippen molar-refractivity contribution in [3.05, 3.63) is 0 Å². The SMILES string of the molecule is CCC(CSC)NC(=O)C1(C(N)=NO)CC1. The Balaban J connectivity index is 2.58. The first-order valence-electron chi connectivity index (χ1n) is 5.38. The van der Waals surface area contributed by atoms with Crippen LogP contribution in [-0.2, 0) is 4.79 Å². The molecule has 1 aliphatic carbocycles. The molecule has 6 heteroatoms. The number of hydrogen-bond donors (Lipinski definition) is 3. The monoisotopic (exact) mass is 245 g/mol. The van der Waals surface area contributed by atoms with Crippen molar-refractivity contribution in [3.63, 3.8) is 0 Å². The molecule has 1 fully saturated rings. The van der Waals surface area contributed by atoms with E-state index in [2.05, 4.69) is 10.5 Å². The highest BCUT2D eigenvalue weighted by molar-refractivity contribution is 7.98. The molecule has 0 aromatic rings. The van der Waals surface area contributed by atoms with Crippen molar-refractivity contribution in [1.82, 2.24) is 5.32 Å². The van der Waals surface area contributed by atoms with Gasteiger partial charge in [-0.25, -0.2) is 0 Å². The summed E-state index contributed by atoms with van der Waals surface area (Å²) in [5, 5.41) is 14.5. The summed E-state index contributed by atoms with van der Waals surface area (Å²) in [5.74, 6) is 0.807. The second kappa shape index (κ2) is 5.43. The highest BCUT2D eigenvalue weighted by Gasteiger charge is 2.54. The number of thioether (sulfide) groups is 1.